The Hall–Kier alpha value is -3.16. The van der Waals surface area contributed by atoms with Crippen molar-refractivity contribution in [3.05, 3.63) is 53.6 Å². The summed E-state index contributed by atoms with van der Waals surface area (Å²) in [5.74, 6) is -0.822. The van der Waals surface area contributed by atoms with E-state index >= 15 is 0 Å². The number of ether oxygens (including phenoxy) is 3. The zero-order valence-electron chi connectivity index (χ0n) is 14.7. The number of hydrogen-bond donors (Lipinski definition) is 0. The molecule has 0 saturated heterocycles. The van der Waals surface area contributed by atoms with Gasteiger partial charge in [0, 0.05) is 30.4 Å². The van der Waals surface area contributed by atoms with E-state index in [0.29, 0.717) is 17.1 Å². The van der Waals surface area contributed by atoms with Gasteiger partial charge in [-0.3, -0.25) is 9.59 Å². The van der Waals surface area contributed by atoms with Crippen molar-refractivity contribution in [1.82, 2.24) is 9.88 Å². The number of halogens is 1. The van der Waals surface area contributed by atoms with Crippen LogP contribution in [0.5, 0.6) is 11.5 Å². The van der Waals surface area contributed by atoms with Crippen molar-refractivity contribution in [3.63, 3.8) is 0 Å². The highest BCUT2D eigenvalue weighted by atomic mass is 19.1. The van der Waals surface area contributed by atoms with Crippen LogP contribution >= 0.6 is 0 Å². The molecule has 138 valence electrons. The van der Waals surface area contributed by atoms with Gasteiger partial charge in [0.15, 0.2) is 0 Å². The SMILES string of the molecule is COC(=O)CN(Cc1cc(OC)cc(OC)c1)C(=O)c1ccnc(F)c1. The molecule has 0 atom stereocenters. The number of carbonyl (C=O) groups excluding carboxylic acids is 2. The highest BCUT2D eigenvalue weighted by Gasteiger charge is 2.21. The number of amides is 1. The van der Waals surface area contributed by atoms with Crippen LogP contribution in [0, 0.1) is 5.95 Å². The zero-order valence-corrected chi connectivity index (χ0v) is 14.7. The van der Waals surface area contributed by atoms with E-state index in [1.165, 1.54) is 38.5 Å². The monoisotopic (exact) mass is 362 g/mol. The van der Waals surface area contributed by atoms with E-state index in [1.807, 2.05) is 0 Å². The summed E-state index contributed by atoms with van der Waals surface area (Å²) in [6, 6.07) is 7.51. The minimum atomic E-state index is -0.781. The van der Waals surface area contributed by atoms with Gasteiger partial charge in [-0.1, -0.05) is 0 Å². The molecule has 2 aromatic rings. The Balaban J connectivity index is 2.33. The highest BCUT2D eigenvalue weighted by molar-refractivity contribution is 5.95. The lowest BCUT2D eigenvalue weighted by Gasteiger charge is -2.22. The Morgan fingerprint density at radius 1 is 1.08 bits per heavy atom. The minimum absolute atomic E-state index is 0.0748. The molecule has 0 aliphatic carbocycles. The quantitative estimate of drug-likeness (QED) is 0.554. The van der Waals surface area contributed by atoms with Gasteiger partial charge in [-0.05, 0) is 23.8 Å². The summed E-state index contributed by atoms with van der Waals surface area (Å²) in [6.45, 7) is -0.218. The average molecular weight is 362 g/mol. The second-order valence-corrected chi connectivity index (χ2v) is 5.33. The fraction of sp³-hybridized carbons (Fsp3) is 0.278. The van der Waals surface area contributed by atoms with Gasteiger partial charge in [0.1, 0.15) is 18.0 Å². The lowest BCUT2D eigenvalue weighted by Crippen LogP contribution is -2.35. The van der Waals surface area contributed by atoms with Crippen molar-refractivity contribution < 1.29 is 28.2 Å². The predicted molar refractivity (Wildman–Crippen MR) is 90.5 cm³/mol. The van der Waals surface area contributed by atoms with Crippen LogP contribution in [0.2, 0.25) is 0 Å². The van der Waals surface area contributed by atoms with Gasteiger partial charge < -0.3 is 19.1 Å². The summed E-state index contributed by atoms with van der Waals surface area (Å²) in [7, 11) is 4.25. The standard InChI is InChI=1S/C18H19FN2O5/c1-24-14-6-12(7-15(9-14)25-2)10-21(11-17(22)26-3)18(23)13-4-5-20-16(19)8-13/h4-9H,10-11H2,1-3H3. The van der Waals surface area contributed by atoms with Crippen molar-refractivity contribution in [2.24, 2.45) is 0 Å². The molecule has 8 heteroatoms. The Labute approximate surface area is 150 Å². The molecule has 1 aromatic heterocycles. The number of nitrogens with zero attached hydrogens (tertiary/aromatic N) is 2. The third-order valence-corrected chi connectivity index (χ3v) is 3.59. The Morgan fingerprint density at radius 3 is 2.27 bits per heavy atom. The van der Waals surface area contributed by atoms with Crippen LogP contribution in [0.4, 0.5) is 4.39 Å². The smallest absolute Gasteiger partial charge is 0.325 e. The molecular formula is C18H19FN2O5. The Morgan fingerprint density at radius 2 is 1.73 bits per heavy atom. The molecule has 1 heterocycles. The topological polar surface area (TPSA) is 78.0 Å². The van der Waals surface area contributed by atoms with Crippen LogP contribution in [0.15, 0.2) is 36.5 Å². The maximum absolute atomic E-state index is 13.3. The lowest BCUT2D eigenvalue weighted by molar-refractivity contribution is -0.141. The zero-order chi connectivity index (χ0) is 19.1. The molecule has 0 unspecified atom stereocenters. The second kappa shape index (κ2) is 8.80. The number of methoxy groups -OCH3 is 3. The molecule has 0 bridgehead atoms. The molecule has 0 aliphatic rings. The first-order valence-electron chi connectivity index (χ1n) is 7.66. The molecule has 0 aliphatic heterocycles. The van der Waals surface area contributed by atoms with E-state index < -0.39 is 17.8 Å². The third kappa shape index (κ3) is 4.92. The predicted octanol–water partition coefficient (Wildman–Crippen LogP) is 2.05. The number of benzene rings is 1. The van der Waals surface area contributed by atoms with Gasteiger partial charge in [0.25, 0.3) is 5.91 Å². The molecule has 26 heavy (non-hydrogen) atoms. The fourth-order valence-corrected chi connectivity index (χ4v) is 2.32. The first-order valence-corrected chi connectivity index (χ1v) is 7.66. The lowest BCUT2D eigenvalue weighted by atomic mass is 10.1. The minimum Gasteiger partial charge on any atom is -0.497 e. The molecule has 2 rings (SSSR count). The fourth-order valence-electron chi connectivity index (χ4n) is 2.32. The summed E-state index contributed by atoms with van der Waals surface area (Å²) in [4.78, 5) is 29.1. The number of carbonyl (C=O) groups is 2. The van der Waals surface area contributed by atoms with Crippen LogP contribution in [-0.2, 0) is 16.1 Å². The van der Waals surface area contributed by atoms with Crippen molar-refractivity contribution in [2.75, 3.05) is 27.9 Å². The van der Waals surface area contributed by atoms with Gasteiger partial charge in [-0.15, -0.1) is 0 Å². The summed E-state index contributed by atoms with van der Waals surface area (Å²) < 4.78 is 28.4. The molecule has 0 radical (unpaired) electrons. The van der Waals surface area contributed by atoms with E-state index in [2.05, 4.69) is 9.72 Å². The number of esters is 1. The van der Waals surface area contributed by atoms with E-state index in [-0.39, 0.29) is 18.7 Å². The van der Waals surface area contributed by atoms with Crippen LogP contribution < -0.4 is 9.47 Å². The number of aromatic nitrogens is 1. The maximum Gasteiger partial charge on any atom is 0.325 e. The van der Waals surface area contributed by atoms with E-state index in [0.717, 1.165) is 6.07 Å². The second-order valence-electron chi connectivity index (χ2n) is 5.33. The van der Waals surface area contributed by atoms with Gasteiger partial charge in [0.05, 0.1) is 21.3 Å². The van der Waals surface area contributed by atoms with E-state index in [9.17, 15) is 14.0 Å². The summed E-state index contributed by atoms with van der Waals surface area (Å²) in [5.41, 5.74) is 0.754. The van der Waals surface area contributed by atoms with E-state index in [4.69, 9.17) is 9.47 Å². The molecule has 7 nitrogen and oxygen atoms in total. The van der Waals surface area contributed by atoms with Crippen LogP contribution in [0.1, 0.15) is 15.9 Å². The van der Waals surface area contributed by atoms with Gasteiger partial charge in [-0.25, -0.2) is 4.98 Å². The van der Waals surface area contributed by atoms with Crippen molar-refractivity contribution in [3.8, 4) is 11.5 Å². The molecule has 0 spiro atoms. The van der Waals surface area contributed by atoms with Crippen LogP contribution in [-0.4, -0.2) is 49.6 Å². The normalized spacial score (nSPS) is 10.2. The van der Waals surface area contributed by atoms with E-state index in [1.54, 1.807) is 18.2 Å². The molecule has 0 saturated carbocycles. The Kier molecular flexibility index (Phi) is 6.48. The molecular weight excluding hydrogens is 343 g/mol. The number of hydrogen-bond acceptors (Lipinski definition) is 6. The molecule has 1 aromatic carbocycles. The summed E-state index contributed by atoms with van der Waals surface area (Å²) in [6.07, 6.45) is 1.19. The molecule has 0 N–H and O–H groups in total. The first-order chi connectivity index (χ1) is 12.5. The number of pyridine rings is 1. The van der Waals surface area contributed by atoms with Gasteiger partial charge in [-0.2, -0.15) is 4.39 Å². The molecule has 1 amide bonds. The van der Waals surface area contributed by atoms with Gasteiger partial charge >= 0.3 is 5.97 Å². The van der Waals surface area contributed by atoms with Crippen molar-refractivity contribution >= 4 is 11.9 Å². The summed E-state index contributed by atoms with van der Waals surface area (Å²) in [5, 5.41) is 0. The largest absolute Gasteiger partial charge is 0.497 e. The first kappa shape index (κ1) is 19.2. The van der Waals surface area contributed by atoms with Crippen molar-refractivity contribution in [2.45, 2.75) is 6.54 Å². The molecule has 0 fully saturated rings. The Bertz CT molecular complexity index is 775. The highest BCUT2D eigenvalue weighted by Crippen LogP contribution is 2.24. The maximum atomic E-state index is 13.3. The van der Waals surface area contributed by atoms with Crippen LogP contribution in [0.25, 0.3) is 0 Å². The average Bonchev–Trinajstić information content (AvgIpc) is 2.66. The summed E-state index contributed by atoms with van der Waals surface area (Å²) >= 11 is 0. The van der Waals surface area contributed by atoms with Gasteiger partial charge in [0.2, 0.25) is 5.95 Å². The number of rotatable bonds is 7. The van der Waals surface area contributed by atoms with Crippen LogP contribution in [0.3, 0.4) is 0 Å². The van der Waals surface area contributed by atoms with Crippen molar-refractivity contribution in [1.29, 1.82) is 0 Å². The third-order valence-electron chi connectivity index (χ3n) is 3.59.